The van der Waals surface area contributed by atoms with E-state index in [1.54, 1.807) is 6.20 Å². The highest BCUT2D eigenvalue weighted by molar-refractivity contribution is 6.30. The lowest BCUT2D eigenvalue weighted by Gasteiger charge is -2.30. The third-order valence-electron chi connectivity index (χ3n) is 3.75. The van der Waals surface area contributed by atoms with Gasteiger partial charge in [-0.3, -0.25) is 16.3 Å². The molecule has 0 unspecified atom stereocenters. The third-order valence-corrected chi connectivity index (χ3v) is 3.95. The van der Waals surface area contributed by atoms with Gasteiger partial charge in [-0.2, -0.15) is 0 Å². The molecule has 0 atom stereocenters. The van der Waals surface area contributed by atoms with Gasteiger partial charge in [0.05, 0.1) is 28.5 Å². The zero-order chi connectivity index (χ0) is 14.3. The molecule has 1 aliphatic heterocycles. The summed E-state index contributed by atoms with van der Waals surface area (Å²) in [7, 11) is 0. The molecule has 2 heterocycles. The number of hydrogen-bond acceptors (Lipinski definition) is 5. The predicted molar refractivity (Wildman–Crippen MR) is 73.3 cm³/mol. The van der Waals surface area contributed by atoms with Crippen LogP contribution in [0.3, 0.4) is 0 Å². The third kappa shape index (κ3) is 2.75. The normalized spacial score (nSPS) is 21.8. The summed E-state index contributed by atoms with van der Waals surface area (Å²) in [5.41, 5.74) is 3.38. The Kier molecular flexibility index (Phi) is 3.86. The number of aromatic nitrogens is 1. The van der Waals surface area contributed by atoms with Gasteiger partial charge >= 0.3 is 0 Å². The van der Waals surface area contributed by atoms with Gasteiger partial charge in [0.15, 0.2) is 6.29 Å². The average Bonchev–Trinajstić information content (AvgIpc) is 2.51. The highest BCUT2D eigenvalue weighted by Crippen LogP contribution is 2.45. The van der Waals surface area contributed by atoms with Gasteiger partial charge in [0.1, 0.15) is 0 Å². The van der Waals surface area contributed by atoms with E-state index in [0.717, 1.165) is 11.3 Å². The minimum absolute atomic E-state index is 0.395. The van der Waals surface area contributed by atoms with Gasteiger partial charge in [0.2, 0.25) is 0 Å². The Morgan fingerprint density at radius 2 is 1.89 bits per heavy atom. The zero-order valence-corrected chi connectivity index (χ0v) is 12.4. The summed E-state index contributed by atoms with van der Waals surface area (Å²) in [6.45, 7) is 8.45. The lowest BCUT2D eigenvalue weighted by Crippen LogP contribution is -2.41. The molecule has 2 rings (SSSR count). The number of rotatable bonds is 3. The van der Waals surface area contributed by atoms with Gasteiger partial charge in [-0.25, -0.2) is 0 Å². The molecule has 1 aliphatic rings. The SMILES string of the molecule is CC1(C)OC(c2cc(Cl)cnc2CNN)OC1(C)C. The van der Waals surface area contributed by atoms with Crippen molar-refractivity contribution in [2.24, 2.45) is 5.84 Å². The summed E-state index contributed by atoms with van der Waals surface area (Å²) in [4.78, 5) is 4.27. The fraction of sp³-hybridized carbons (Fsp3) is 0.615. The molecular formula is C13H20ClN3O2. The van der Waals surface area contributed by atoms with Crippen molar-refractivity contribution in [2.75, 3.05) is 0 Å². The molecule has 6 heteroatoms. The topological polar surface area (TPSA) is 69.4 Å². The molecule has 1 fully saturated rings. The number of nitrogens with zero attached hydrogens (tertiary/aromatic N) is 1. The van der Waals surface area contributed by atoms with Gasteiger partial charge in [-0.15, -0.1) is 0 Å². The minimum Gasteiger partial charge on any atom is -0.339 e. The molecule has 1 aromatic rings. The molecule has 19 heavy (non-hydrogen) atoms. The van der Waals surface area contributed by atoms with Gasteiger partial charge in [-0.1, -0.05) is 11.6 Å². The molecule has 0 aromatic carbocycles. The van der Waals surface area contributed by atoms with Gasteiger partial charge in [-0.05, 0) is 33.8 Å². The van der Waals surface area contributed by atoms with Crippen LogP contribution in [0.5, 0.6) is 0 Å². The van der Waals surface area contributed by atoms with Crippen molar-refractivity contribution >= 4 is 11.6 Å². The molecule has 0 radical (unpaired) electrons. The van der Waals surface area contributed by atoms with Crippen LogP contribution in [0.25, 0.3) is 0 Å². The molecule has 0 saturated carbocycles. The standard InChI is InChI=1S/C13H20ClN3O2/c1-12(2)13(3,4)19-11(18-12)9-5-8(14)6-16-10(9)7-17-15/h5-6,11,17H,7,15H2,1-4H3. The molecule has 106 valence electrons. The van der Waals surface area contributed by atoms with Crippen molar-refractivity contribution in [1.82, 2.24) is 10.4 Å². The molecule has 5 nitrogen and oxygen atoms in total. The molecular weight excluding hydrogens is 266 g/mol. The van der Waals surface area contributed by atoms with Crippen molar-refractivity contribution < 1.29 is 9.47 Å². The molecule has 0 spiro atoms. The quantitative estimate of drug-likeness (QED) is 0.659. The number of pyridine rings is 1. The van der Waals surface area contributed by atoms with E-state index in [1.807, 2.05) is 33.8 Å². The number of halogens is 1. The van der Waals surface area contributed by atoms with Crippen molar-refractivity contribution in [2.45, 2.75) is 51.7 Å². The maximum atomic E-state index is 6.01. The molecule has 0 bridgehead atoms. The molecule has 0 amide bonds. The summed E-state index contributed by atoms with van der Waals surface area (Å²) >= 11 is 6.01. The highest BCUT2D eigenvalue weighted by Gasteiger charge is 2.50. The first-order valence-corrected chi connectivity index (χ1v) is 6.58. The first kappa shape index (κ1) is 14.7. The van der Waals surface area contributed by atoms with Crippen molar-refractivity contribution in [3.8, 4) is 0 Å². The molecule has 1 aromatic heterocycles. The maximum Gasteiger partial charge on any atom is 0.187 e. The van der Waals surface area contributed by atoms with E-state index in [-0.39, 0.29) is 0 Å². The van der Waals surface area contributed by atoms with Crippen LogP contribution in [0, 0.1) is 0 Å². The lowest BCUT2D eigenvalue weighted by atomic mass is 9.90. The van der Waals surface area contributed by atoms with Crippen LogP contribution in [-0.4, -0.2) is 16.2 Å². The number of nitrogens with one attached hydrogen (secondary N) is 1. The van der Waals surface area contributed by atoms with Crippen molar-refractivity contribution in [3.05, 3.63) is 28.5 Å². The smallest absolute Gasteiger partial charge is 0.187 e. The fourth-order valence-electron chi connectivity index (χ4n) is 1.90. The fourth-order valence-corrected chi connectivity index (χ4v) is 2.07. The Labute approximate surface area is 118 Å². The van der Waals surface area contributed by atoms with E-state index in [1.165, 1.54) is 0 Å². The molecule has 0 aliphatic carbocycles. The Morgan fingerprint density at radius 1 is 1.32 bits per heavy atom. The Hall–Kier alpha value is -0.720. The van der Waals surface area contributed by atoms with E-state index in [0.29, 0.717) is 11.6 Å². The van der Waals surface area contributed by atoms with Gasteiger partial charge < -0.3 is 9.47 Å². The van der Waals surface area contributed by atoms with Crippen LogP contribution < -0.4 is 11.3 Å². The van der Waals surface area contributed by atoms with Gasteiger partial charge in [0.25, 0.3) is 0 Å². The maximum absolute atomic E-state index is 6.01. The first-order chi connectivity index (χ1) is 8.77. The van der Waals surface area contributed by atoms with Crippen LogP contribution in [0.15, 0.2) is 12.3 Å². The van der Waals surface area contributed by atoms with E-state index in [2.05, 4.69) is 10.4 Å². The lowest BCUT2D eigenvalue weighted by molar-refractivity contribution is -0.0903. The summed E-state index contributed by atoms with van der Waals surface area (Å²) in [6.07, 6.45) is 1.10. The highest BCUT2D eigenvalue weighted by atomic mass is 35.5. The largest absolute Gasteiger partial charge is 0.339 e. The number of hydrogen-bond donors (Lipinski definition) is 2. The second kappa shape index (κ2) is 5.00. The second-order valence-electron chi connectivity index (χ2n) is 5.66. The van der Waals surface area contributed by atoms with Gasteiger partial charge in [0, 0.05) is 11.8 Å². The summed E-state index contributed by atoms with van der Waals surface area (Å²) in [5.74, 6) is 5.37. The second-order valence-corrected chi connectivity index (χ2v) is 6.10. The van der Waals surface area contributed by atoms with E-state index < -0.39 is 17.5 Å². The Balaban J connectivity index is 2.35. The number of ether oxygens (including phenoxy) is 2. The van der Waals surface area contributed by atoms with Crippen LogP contribution in [-0.2, 0) is 16.0 Å². The monoisotopic (exact) mass is 285 g/mol. The summed E-state index contributed by atoms with van der Waals surface area (Å²) in [6, 6.07) is 1.81. The Morgan fingerprint density at radius 3 is 2.42 bits per heavy atom. The van der Waals surface area contributed by atoms with Crippen LogP contribution in [0.4, 0.5) is 0 Å². The van der Waals surface area contributed by atoms with E-state index in [9.17, 15) is 0 Å². The minimum atomic E-state index is -0.487. The van der Waals surface area contributed by atoms with Crippen LogP contribution >= 0.6 is 11.6 Å². The van der Waals surface area contributed by atoms with Crippen LogP contribution in [0.2, 0.25) is 5.02 Å². The zero-order valence-electron chi connectivity index (χ0n) is 11.7. The predicted octanol–water partition coefficient (Wildman–Crippen LogP) is 2.30. The Bertz CT molecular complexity index is 461. The number of nitrogens with two attached hydrogens (primary N) is 1. The van der Waals surface area contributed by atoms with Crippen molar-refractivity contribution in [1.29, 1.82) is 0 Å². The number of hydrazine groups is 1. The average molecular weight is 286 g/mol. The van der Waals surface area contributed by atoms with E-state index in [4.69, 9.17) is 26.9 Å². The summed E-state index contributed by atoms with van der Waals surface area (Å²) < 4.78 is 12.0. The first-order valence-electron chi connectivity index (χ1n) is 6.20. The van der Waals surface area contributed by atoms with Crippen molar-refractivity contribution in [3.63, 3.8) is 0 Å². The summed E-state index contributed by atoms with van der Waals surface area (Å²) in [5, 5.41) is 0.547. The molecule has 3 N–H and O–H groups in total. The van der Waals surface area contributed by atoms with E-state index >= 15 is 0 Å². The van der Waals surface area contributed by atoms with Crippen LogP contribution in [0.1, 0.15) is 45.2 Å². The molecule has 1 saturated heterocycles.